The van der Waals surface area contributed by atoms with Crippen molar-refractivity contribution in [2.75, 3.05) is 19.6 Å². The van der Waals surface area contributed by atoms with Crippen molar-refractivity contribution >= 4 is 22.8 Å². The number of hydrogen-bond donors (Lipinski definition) is 0. The molecular formula is C31H41N5O3. The molecular weight excluding hydrogens is 490 g/mol. The Bertz CT molecular complexity index is 1260. The van der Waals surface area contributed by atoms with Crippen LogP contribution in [-0.2, 0) is 11.3 Å². The molecule has 3 aromatic rings. The van der Waals surface area contributed by atoms with Gasteiger partial charge in [-0.05, 0) is 63.3 Å². The number of amides is 2. The molecule has 2 heterocycles. The number of aryl methyl sites for hydroxylation is 1. The summed E-state index contributed by atoms with van der Waals surface area (Å²) < 4.78 is 8.49. The van der Waals surface area contributed by atoms with Gasteiger partial charge in [-0.3, -0.25) is 9.59 Å². The fraction of sp³-hybridized carbons (Fsp3) is 0.548. The van der Waals surface area contributed by atoms with Gasteiger partial charge in [-0.25, -0.2) is 4.68 Å². The maximum Gasteiger partial charge on any atom is 0.257 e. The number of carbonyl (C=O) groups excluding carboxylic acids is 2. The fourth-order valence-electron chi connectivity index (χ4n) is 6.07. The van der Waals surface area contributed by atoms with E-state index in [9.17, 15) is 9.59 Å². The van der Waals surface area contributed by atoms with E-state index < -0.39 is 0 Å². The van der Waals surface area contributed by atoms with Gasteiger partial charge in [0, 0.05) is 26.1 Å². The average Bonchev–Trinajstić information content (AvgIpc) is 3.38. The number of para-hydroxylation sites is 2. The summed E-state index contributed by atoms with van der Waals surface area (Å²) in [7, 11) is 0. The lowest BCUT2D eigenvalue weighted by molar-refractivity contribution is -0.137. The molecule has 8 nitrogen and oxygen atoms in total. The first-order valence-electron chi connectivity index (χ1n) is 14.8. The van der Waals surface area contributed by atoms with Gasteiger partial charge in [-0.2, -0.15) is 0 Å². The minimum atomic E-state index is -0.135. The quantitative estimate of drug-likeness (QED) is 0.446. The second-order valence-corrected chi connectivity index (χ2v) is 10.8. The van der Waals surface area contributed by atoms with Gasteiger partial charge in [0.15, 0.2) is 0 Å². The van der Waals surface area contributed by atoms with E-state index in [1.165, 1.54) is 0 Å². The SMILES string of the molecule is CCN1CCCCCCCN(C(=O)CCn2nnc3ccccc32)[C@@H]2CCCC[C@@H]2Oc2ccccc2C1=O. The molecule has 0 unspecified atom stereocenters. The molecule has 1 aliphatic carbocycles. The normalized spacial score (nSPS) is 21.4. The first-order chi connectivity index (χ1) is 19.2. The minimum absolute atomic E-state index is 0.00527. The van der Waals surface area contributed by atoms with Crippen LogP contribution in [0.2, 0.25) is 0 Å². The lowest BCUT2D eigenvalue weighted by Crippen LogP contribution is -2.51. The van der Waals surface area contributed by atoms with Crippen molar-refractivity contribution in [1.82, 2.24) is 24.8 Å². The van der Waals surface area contributed by atoms with E-state index >= 15 is 0 Å². The van der Waals surface area contributed by atoms with E-state index in [1.807, 2.05) is 65.0 Å². The number of benzene rings is 2. The summed E-state index contributed by atoms with van der Waals surface area (Å²) >= 11 is 0. The van der Waals surface area contributed by atoms with Crippen molar-refractivity contribution in [2.24, 2.45) is 0 Å². The number of carbonyl (C=O) groups is 2. The Hall–Kier alpha value is -3.42. The maximum absolute atomic E-state index is 13.8. The average molecular weight is 532 g/mol. The van der Waals surface area contributed by atoms with E-state index in [1.54, 1.807) is 0 Å². The summed E-state index contributed by atoms with van der Waals surface area (Å²) in [4.78, 5) is 31.3. The zero-order valence-corrected chi connectivity index (χ0v) is 23.1. The Kier molecular flexibility index (Phi) is 9.12. The lowest BCUT2D eigenvalue weighted by atomic mass is 9.90. The van der Waals surface area contributed by atoms with Crippen LogP contribution in [0, 0.1) is 0 Å². The van der Waals surface area contributed by atoms with Crippen LogP contribution < -0.4 is 4.74 Å². The molecule has 2 atom stereocenters. The van der Waals surface area contributed by atoms with Crippen molar-refractivity contribution in [3.05, 3.63) is 54.1 Å². The van der Waals surface area contributed by atoms with Gasteiger partial charge in [-0.1, -0.05) is 55.2 Å². The zero-order chi connectivity index (χ0) is 27.0. The van der Waals surface area contributed by atoms with Gasteiger partial charge in [0.25, 0.3) is 5.91 Å². The van der Waals surface area contributed by atoms with Crippen LogP contribution in [0.1, 0.15) is 81.5 Å². The summed E-state index contributed by atoms with van der Waals surface area (Å²) in [5.41, 5.74) is 2.41. The number of ether oxygens (including phenoxy) is 1. The summed E-state index contributed by atoms with van der Waals surface area (Å²) in [6.45, 7) is 4.72. The number of nitrogens with zero attached hydrogens (tertiary/aromatic N) is 5. The Morgan fingerprint density at radius 1 is 0.923 bits per heavy atom. The van der Waals surface area contributed by atoms with Crippen LogP contribution in [0.15, 0.2) is 48.5 Å². The molecule has 0 spiro atoms. The number of hydrogen-bond acceptors (Lipinski definition) is 5. The minimum Gasteiger partial charge on any atom is -0.487 e. The van der Waals surface area contributed by atoms with Crippen molar-refractivity contribution < 1.29 is 14.3 Å². The van der Waals surface area contributed by atoms with E-state index in [2.05, 4.69) is 15.2 Å². The third-order valence-electron chi connectivity index (χ3n) is 8.24. The van der Waals surface area contributed by atoms with Gasteiger partial charge in [0.05, 0.1) is 23.7 Å². The lowest BCUT2D eigenvalue weighted by Gasteiger charge is -2.40. The standard InChI is InChI=1S/C31H41N5O3/c1-2-34-21-12-4-3-5-13-22-35(30(37)20-23-36-26-16-8-7-15-25(26)32-33-36)27-17-9-11-19-29(27)39-28-18-10-6-14-24(28)31(34)38/h6-8,10,14-16,18,27,29H,2-5,9,11-13,17,19-23H2,1H3/t27-,29+/m1/s1. The van der Waals surface area contributed by atoms with Crippen LogP contribution in [0.3, 0.4) is 0 Å². The Balaban J connectivity index is 1.38. The molecule has 0 radical (unpaired) electrons. The summed E-state index contributed by atoms with van der Waals surface area (Å²) in [5, 5.41) is 8.53. The highest BCUT2D eigenvalue weighted by atomic mass is 16.5. The van der Waals surface area contributed by atoms with Crippen LogP contribution in [0.25, 0.3) is 11.0 Å². The smallest absolute Gasteiger partial charge is 0.257 e. The molecule has 1 aliphatic heterocycles. The van der Waals surface area contributed by atoms with Gasteiger partial charge in [0.1, 0.15) is 17.4 Å². The van der Waals surface area contributed by atoms with Crippen molar-refractivity contribution in [1.29, 1.82) is 0 Å². The van der Waals surface area contributed by atoms with Crippen LogP contribution in [-0.4, -0.2) is 68.4 Å². The van der Waals surface area contributed by atoms with E-state index in [0.717, 1.165) is 81.9 Å². The van der Waals surface area contributed by atoms with Crippen molar-refractivity contribution in [3.8, 4) is 5.75 Å². The van der Waals surface area contributed by atoms with E-state index in [0.29, 0.717) is 30.8 Å². The van der Waals surface area contributed by atoms with Crippen molar-refractivity contribution in [2.45, 2.75) is 89.8 Å². The maximum atomic E-state index is 13.8. The molecule has 0 saturated heterocycles. The molecule has 1 aromatic heterocycles. The molecule has 39 heavy (non-hydrogen) atoms. The Morgan fingerprint density at radius 3 is 2.54 bits per heavy atom. The summed E-state index contributed by atoms with van der Waals surface area (Å²) in [5.74, 6) is 0.804. The molecule has 8 heteroatoms. The first kappa shape index (κ1) is 27.2. The highest BCUT2D eigenvalue weighted by molar-refractivity contribution is 5.97. The second kappa shape index (κ2) is 13.1. The van der Waals surface area contributed by atoms with E-state index in [4.69, 9.17) is 4.74 Å². The van der Waals surface area contributed by atoms with Gasteiger partial charge < -0.3 is 14.5 Å². The van der Waals surface area contributed by atoms with Gasteiger partial charge in [0.2, 0.25) is 5.91 Å². The molecule has 0 N–H and O–H groups in total. The predicted octanol–water partition coefficient (Wildman–Crippen LogP) is 5.47. The van der Waals surface area contributed by atoms with Crippen LogP contribution in [0.4, 0.5) is 0 Å². The third-order valence-corrected chi connectivity index (χ3v) is 8.24. The Labute approximate surface area is 231 Å². The monoisotopic (exact) mass is 531 g/mol. The summed E-state index contributed by atoms with van der Waals surface area (Å²) in [6.07, 6.45) is 9.41. The highest BCUT2D eigenvalue weighted by Gasteiger charge is 2.35. The second-order valence-electron chi connectivity index (χ2n) is 10.8. The number of aromatic nitrogens is 3. The fourth-order valence-corrected chi connectivity index (χ4v) is 6.07. The van der Waals surface area contributed by atoms with Crippen LogP contribution in [0.5, 0.6) is 5.75 Å². The van der Waals surface area contributed by atoms with Gasteiger partial charge >= 0.3 is 0 Å². The molecule has 2 aromatic carbocycles. The Morgan fingerprint density at radius 2 is 1.67 bits per heavy atom. The molecule has 1 saturated carbocycles. The largest absolute Gasteiger partial charge is 0.487 e. The summed E-state index contributed by atoms with van der Waals surface area (Å²) in [6, 6.07) is 15.5. The predicted molar refractivity (Wildman–Crippen MR) is 152 cm³/mol. The van der Waals surface area contributed by atoms with Crippen molar-refractivity contribution in [3.63, 3.8) is 0 Å². The molecule has 208 valence electrons. The topological polar surface area (TPSA) is 80.6 Å². The van der Waals surface area contributed by atoms with E-state index in [-0.39, 0.29) is 24.0 Å². The number of rotatable bonds is 4. The molecule has 5 rings (SSSR count). The molecule has 2 amide bonds. The first-order valence-corrected chi connectivity index (χ1v) is 14.8. The molecule has 0 bridgehead atoms. The third kappa shape index (κ3) is 6.43. The van der Waals surface area contributed by atoms with Gasteiger partial charge in [-0.15, -0.1) is 5.10 Å². The molecule has 2 aliphatic rings. The zero-order valence-electron chi connectivity index (χ0n) is 23.1. The molecule has 1 fully saturated rings. The highest BCUT2D eigenvalue weighted by Crippen LogP contribution is 2.31. The number of fused-ring (bicyclic) bond motifs is 3. The van der Waals surface area contributed by atoms with Crippen LogP contribution >= 0.6 is 0 Å².